The molecule has 1 aliphatic carbocycles. The summed E-state index contributed by atoms with van der Waals surface area (Å²) >= 11 is 5.92. The van der Waals surface area contributed by atoms with E-state index >= 15 is 0 Å². The number of carbonyl (C=O) groups excluding carboxylic acids is 1. The fourth-order valence-electron chi connectivity index (χ4n) is 2.83. The normalized spacial score (nSPS) is 23.1. The van der Waals surface area contributed by atoms with Crippen LogP contribution in [0.1, 0.15) is 41.6 Å². The van der Waals surface area contributed by atoms with Crippen molar-refractivity contribution in [1.29, 1.82) is 0 Å². The van der Waals surface area contributed by atoms with E-state index in [2.05, 4.69) is 18.3 Å². The highest BCUT2D eigenvalue weighted by atomic mass is 35.5. The fraction of sp³-hybridized carbons (Fsp3) is 0.278. The molecule has 1 amide bonds. The lowest BCUT2D eigenvalue weighted by Crippen LogP contribution is -2.22. The Bertz CT molecular complexity index is 716. The number of carbonyl (C=O) groups is 1. The highest BCUT2D eigenvalue weighted by molar-refractivity contribution is 6.31. The third kappa shape index (κ3) is 3.01. The van der Waals surface area contributed by atoms with Gasteiger partial charge in [0.05, 0.1) is 0 Å². The first kappa shape index (κ1) is 15.1. The van der Waals surface area contributed by atoms with Crippen LogP contribution in [-0.2, 0) is 0 Å². The molecule has 4 heteroatoms. The van der Waals surface area contributed by atoms with Gasteiger partial charge in [0.2, 0.25) is 0 Å². The van der Waals surface area contributed by atoms with Crippen molar-refractivity contribution in [2.45, 2.75) is 31.2 Å². The lowest BCUT2D eigenvalue weighted by molar-refractivity contribution is 0.102. The minimum absolute atomic E-state index is 0.0738. The number of amides is 1. The Kier molecular flexibility index (Phi) is 3.94. The zero-order chi connectivity index (χ0) is 15.7. The van der Waals surface area contributed by atoms with Gasteiger partial charge in [0.25, 0.3) is 5.91 Å². The van der Waals surface area contributed by atoms with Crippen molar-refractivity contribution in [3.05, 3.63) is 64.7 Å². The van der Waals surface area contributed by atoms with E-state index in [0.29, 0.717) is 16.5 Å². The van der Waals surface area contributed by atoms with Crippen LogP contribution < -0.4 is 11.1 Å². The Morgan fingerprint density at radius 3 is 2.77 bits per heavy atom. The molecule has 1 saturated carbocycles. The zero-order valence-electron chi connectivity index (χ0n) is 12.5. The maximum atomic E-state index is 12.3. The van der Waals surface area contributed by atoms with Gasteiger partial charge in [0, 0.05) is 27.7 Å². The fourth-order valence-corrected chi connectivity index (χ4v) is 3.02. The van der Waals surface area contributed by atoms with Crippen LogP contribution in [0, 0.1) is 0 Å². The largest absolute Gasteiger partial charge is 0.325 e. The van der Waals surface area contributed by atoms with E-state index in [0.717, 1.165) is 18.5 Å². The van der Waals surface area contributed by atoms with Crippen LogP contribution in [-0.4, -0.2) is 11.4 Å². The minimum Gasteiger partial charge on any atom is -0.325 e. The number of hydrogen-bond donors (Lipinski definition) is 2. The smallest absolute Gasteiger partial charge is 0.255 e. The molecule has 2 atom stereocenters. The molecule has 1 aliphatic rings. The summed E-state index contributed by atoms with van der Waals surface area (Å²) in [7, 11) is 0. The molecule has 22 heavy (non-hydrogen) atoms. The number of hydrogen-bond acceptors (Lipinski definition) is 2. The highest BCUT2D eigenvalue weighted by Crippen LogP contribution is 2.51. The van der Waals surface area contributed by atoms with E-state index in [1.165, 1.54) is 5.56 Å². The van der Waals surface area contributed by atoms with E-state index in [-0.39, 0.29) is 11.4 Å². The molecule has 2 aromatic rings. The lowest BCUT2D eigenvalue weighted by Gasteiger charge is -2.10. The van der Waals surface area contributed by atoms with Crippen LogP contribution in [0.3, 0.4) is 0 Å². The van der Waals surface area contributed by atoms with Crippen LogP contribution in [0.4, 0.5) is 5.69 Å². The van der Waals surface area contributed by atoms with E-state index in [9.17, 15) is 4.79 Å². The van der Waals surface area contributed by atoms with Crippen LogP contribution in [0.5, 0.6) is 0 Å². The number of nitrogens with two attached hydrogens (primary N) is 1. The standard InChI is InChI=1S/C18H19ClN2O/c1-2-18(20)11-16(18)12-5-4-8-15(10-12)21-17(22)13-6-3-7-14(19)9-13/h3-10,16H,2,11,20H2,1H3,(H,21,22)/t16-,18-/m0/s1. The van der Waals surface area contributed by atoms with Gasteiger partial charge < -0.3 is 11.1 Å². The molecule has 2 aromatic carbocycles. The molecular weight excluding hydrogens is 296 g/mol. The highest BCUT2D eigenvalue weighted by Gasteiger charge is 2.49. The number of anilines is 1. The summed E-state index contributed by atoms with van der Waals surface area (Å²) in [5.41, 5.74) is 8.73. The molecule has 0 aliphatic heterocycles. The second-order valence-corrected chi connectivity index (χ2v) is 6.37. The average molecular weight is 315 g/mol. The summed E-state index contributed by atoms with van der Waals surface area (Å²) in [6, 6.07) is 14.8. The third-order valence-electron chi connectivity index (χ3n) is 4.41. The van der Waals surface area contributed by atoms with Gasteiger partial charge in [-0.2, -0.15) is 0 Å². The molecule has 3 rings (SSSR count). The van der Waals surface area contributed by atoms with Crippen LogP contribution in [0.25, 0.3) is 0 Å². The van der Waals surface area contributed by atoms with Gasteiger partial charge in [-0.05, 0) is 48.7 Å². The average Bonchev–Trinajstić information content (AvgIpc) is 3.20. The molecule has 0 saturated heterocycles. The van der Waals surface area contributed by atoms with Crippen molar-refractivity contribution < 1.29 is 4.79 Å². The summed E-state index contributed by atoms with van der Waals surface area (Å²) in [5, 5.41) is 3.47. The molecule has 114 valence electrons. The first-order valence-electron chi connectivity index (χ1n) is 7.47. The SMILES string of the molecule is CC[C@]1(N)C[C@H]1c1cccc(NC(=O)c2cccc(Cl)c2)c1. The summed E-state index contributed by atoms with van der Waals surface area (Å²) in [5.74, 6) is 0.227. The Balaban J connectivity index is 1.75. The molecule has 0 radical (unpaired) electrons. The second-order valence-electron chi connectivity index (χ2n) is 5.93. The monoisotopic (exact) mass is 314 g/mol. The third-order valence-corrected chi connectivity index (χ3v) is 4.65. The van der Waals surface area contributed by atoms with E-state index in [1.807, 2.05) is 18.2 Å². The van der Waals surface area contributed by atoms with Gasteiger partial charge in [0.1, 0.15) is 0 Å². The number of halogens is 1. The number of rotatable bonds is 4. The zero-order valence-corrected chi connectivity index (χ0v) is 13.2. The predicted octanol–water partition coefficient (Wildman–Crippen LogP) is 4.19. The van der Waals surface area contributed by atoms with E-state index in [1.54, 1.807) is 24.3 Å². The van der Waals surface area contributed by atoms with Crippen molar-refractivity contribution >= 4 is 23.2 Å². The first-order chi connectivity index (χ1) is 10.5. The van der Waals surface area contributed by atoms with Crippen molar-refractivity contribution in [3.8, 4) is 0 Å². The summed E-state index contributed by atoms with van der Waals surface area (Å²) < 4.78 is 0. The predicted molar refractivity (Wildman–Crippen MR) is 90.4 cm³/mol. The van der Waals surface area contributed by atoms with Gasteiger partial charge in [-0.15, -0.1) is 0 Å². The van der Waals surface area contributed by atoms with Gasteiger partial charge >= 0.3 is 0 Å². The maximum absolute atomic E-state index is 12.3. The topological polar surface area (TPSA) is 55.1 Å². The van der Waals surface area contributed by atoms with Gasteiger partial charge in [0.15, 0.2) is 0 Å². The lowest BCUT2D eigenvalue weighted by atomic mass is 10.0. The molecular formula is C18H19ClN2O. The van der Waals surface area contributed by atoms with Crippen LogP contribution >= 0.6 is 11.6 Å². The van der Waals surface area contributed by atoms with Crippen molar-refractivity contribution in [2.75, 3.05) is 5.32 Å². The maximum Gasteiger partial charge on any atom is 0.255 e. The van der Waals surface area contributed by atoms with Gasteiger partial charge in [-0.25, -0.2) is 0 Å². The van der Waals surface area contributed by atoms with E-state index in [4.69, 9.17) is 17.3 Å². The summed E-state index contributed by atoms with van der Waals surface area (Å²) in [4.78, 5) is 12.3. The van der Waals surface area contributed by atoms with Crippen LogP contribution in [0.2, 0.25) is 5.02 Å². The van der Waals surface area contributed by atoms with Crippen molar-refractivity contribution in [2.24, 2.45) is 5.73 Å². The summed E-state index contributed by atoms with van der Waals surface area (Å²) in [6.45, 7) is 2.12. The molecule has 0 heterocycles. The van der Waals surface area contributed by atoms with E-state index < -0.39 is 0 Å². The van der Waals surface area contributed by atoms with Crippen LogP contribution in [0.15, 0.2) is 48.5 Å². The molecule has 0 spiro atoms. The first-order valence-corrected chi connectivity index (χ1v) is 7.85. The molecule has 0 bridgehead atoms. The Hall–Kier alpha value is -1.84. The quantitative estimate of drug-likeness (QED) is 0.889. The molecule has 1 fully saturated rings. The minimum atomic E-state index is -0.162. The molecule has 0 unspecified atom stereocenters. The Morgan fingerprint density at radius 1 is 1.32 bits per heavy atom. The Morgan fingerprint density at radius 2 is 2.09 bits per heavy atom. The summed E-state index contributed by atoms with van der Waals surface area (Å²) in [6.07, 6.45) is 1.98. The molecule has 0 aromatic heterocycles. The van der Waals surface area contributed by atoms with Crippen molar-refractivity contribution in [1.82, 2.24) is 0 Å². The van der Waals surface area contributed by atoms with Crippen molar-refractivity contribution in [3.63, 3.8) is 0 Å². The molecule has 3 N–H and O–H groups in total. The van der Waals surface area contributed by atoms with Gasteiger partial charge in [-0.3, -0.25) is 4.79 Å². The molecule has 3 nitrogen and oxygen atoms in total. The number of benzene rings is 2. The number of nitrogens with one attached hydrogen (secondary N) is 1. The Labute approximate surface area is 135 Å². The second kappa shape index (κ2) is 5.75. The van der Waals surface area contributed by atoms with Gasteiger partial charge in [-0.1, -0.05) is 36.7 Å².